The van der Waals surface area contributed by atoms with Crippen LogP contribution in [0.5, 0.6) is 0 Å². The molecule has 0 aliphatic rings. The molecule has 0 aliphatic carbocycles. The number of nitrogens with zero attached hydrogens (tertiary/aromatic N) is 2. The molecule has 7 nitrogen and oxygen atoms in total. The van der Waals surface area contributed by atoms with E-state index in [0.29, 0.717) is 12.8 Å². The molecule has 0 saturated carbocycles. The number of likely N-dealkylation sites (N-methyl/N-ethyl adjacent to an activating group) is 1. The van der Waals surface area contributed by atoms with Gasteiger partial charge in [0.1, 0.15) is 12.2 Å². The maximum atomic E-state index is 12.9. The molecule has 0 fully saturated rings. The first kappa shape index (κ1) is 60.8. The van der Waals surface area contributed by atoms with Crippen LogP contribution in [-0.4, -0.2) is 85.4 Å². The van der Waals surface area contributed by atoms with E-state index in [1.165, 1.54) is 193 Å². The van der Waals surface area contributed by atoms with E-state index in [-0.39, 0.29) is 30.8 Å². The molecule has 7 heteroatoms. The molecule has 0 amide bonds. The lowest BCUT2D eigenvalue weighted by molar-refractivity contribution is -0.151. The highest BCUT2D eigenvalue weighted by atomic mass is 16.5. The van der Waals surface area contributed by atoms with Gasteiger partial charge in [-0.15, -0.1) is 0 Å². The highest BCUT2D eigenvalue weighted by molar-refractivity contribution is 5.69. The van der Waals surface area contributed by atoms with Gasteiger partial charge >= 0.3 is 11.9 Å². The summed E-state index contributed by atoms with van der Waals surface area (Å²) in [6, 6.07) is 0. The number of hydrogen-bond acceptors (Lipinski definition) is 7. The van der Waals surface area contributed by atoms with Crippen LogP contribution in [0.25, 0.3) is 0 Å². The van der Waals surface area contributed by atoms with Crippen LogP contribution in [-0.2, 0) is 19.1 Å². The standard InChI is InChI=1S/C55H110N2O5/c1-6-10-14-18-24-32-40-52(41-33-25-19-15-11-7-2)61-54(59)44-36-28-22-30-38-46-57(49-48-56(5)50-51-58)47-39-31-23-29-37-45-55(60)62-53(42-34-26-20-16-12-8-3)43-35-27-21-17-13-9-4/h52-53,58H,6-51H2,1-5H3. The number of hydrogen-bond donors (Lipinski definition) is 1. The van der Waals surface area contributed by atoms with Crippen LogP contribution in [0.4, 0.5) is 0 Å². The first-order valence-electron chi connectivity index (χ1n) is 27.8. The summed E-state index contributed by atoms with van der Waals surface area (Å²) in [5.74, 6) is 0.0487. The van der Waals surface area contributed by atoms with Crippen LogP contribution in [0.3, 0.4) is 0 Å². The smallest absolute Gasteiger partial charge is 0.306 e. The first-order chi connectivity index (χ1) is 30.4. The van der Waals surface area contributed by atoms with Crippen molar-refractivity contribution in [3.05, 3.63) is 0 Å². The zero-order valence-corrected chi connectivity index (χ0v) is 42.7. The Morgan fingerprint density at radius 3 is 0.984 bits per heavy atom. The third-order valence-electron chi connectivity index (χ3n) is 13.1. The second kappa shape index (κ2) is 49.3. The summed E-state index contributed by atoms with van der Waals surface area (Å²) in [7, 11) is 2.10. The van der Waals surface area contributed by atoms with Crippen LogP contribution in [0.1, 0.15) is 285 Å². The monoisotopic (exact) mass is 879 g/mol. The normalized spacial score (nSPS) is 11.8. The molecule has 0 rings (SSSR count). The van der Waals surface area contributed by atoms with Gasteiger partial charge in [-0.3, -0.25) is 9.59 Å². The van der Waals surface area contributed by atoms with Gasteiger partial charge in [-0.05, 0) is 97.2 Å². The fraction of sp³-hybridized carbons (Fsp3) is 0.964. The van der Waals surface area contributed by atoms with Crippen molar-refractivity contribution in [2.24, 2.45) is 0 Å². The average molecular weight is 879 g/mol. The van der Waals surface area contributed by atoms with Crippen molar-refractivity contribution in [2.75, 3.05) is 46.4 Å². The largest absolute Gasteiger partial charge is 0.462 e. The summed E-state index contributed by atoms with van der Waals surface area (Å²) in [6.45, 7) is 14.2. The van der Waals surface area contributed by atoms with Crippen LogP contribution >= 0.6 is 0 Å². The zero-order chi connectivity index (χ0) is 45.4. The molecule has 1 N–H and O–H groups in total. The molecule has 0 aromatic heterocycles. The highest BCUT2D eigenvalue weighted by Crippen LogP contribution is 2.20. The van der Waals surface area contributed by atoms with E-state index in [1.807, 2.05) is 0 Å². The molecule has 370 valence electrons. The quantitative estimate of drug-likeness (QED) is 0.0482. The molecule has 0 bridgehead atoms. The van der Waals surface area contributed by atoms with Gasteiger partial charge in [0.15, 0.2) is 0 Å². The summed E-state index contributed by atoms with van der Waals surface area (Å²) >= 11 is 0. The van der Waals surface area contributed by atoms with Crippen LogP contribution in [0, 0.1) is 0 Å². The number of aliphatic hydroxyl groups is 1. The summed E-state index contributed by atoms with van der Waals surface area (Å²) in [6.07, 6.45) is 47.5. The van der Waals surface area contributed by atoms with E-state index in [1.54, 1.807) is 0 Å². The first-order valence-corrected chi connectivity index (χ1v) is 27.8. The molecule has 0 aliphatic heterocycles. The minimum Gasteiger partial charge on any atom is -0.462 e. The Hall–Kier alpha value is -1.18. The minimum absolute atomic E-state index is 0.0244. The molecule has 0 heterocycles. The molecule has 0 aromatic carbocycles. The number of carbonyl (C=O) groups excluding carboxylic acids is 2. The Morgan fingerprint density at radius 1 is 0.371 bits per heavy atom. The van der Waals surface area contributed by atoms with E-state index in [4.69, 9.17) is 9.47 Å². The predicted octanol–water partition coefficient (Wildman–Crippen LogP) is 15.7. The lowest BCUT2D eigenvalue weighted by Gasteiger charge is -2.25. The predicted molar refractivity (Wildman–Crippen MR) is 268 cm³/mol. The third kappa shape index (κ3) is 44.0. The fourth-order valence-electron chi connectivity index (χ4n) is 8.82. The van der Waals surface area contributed by atoms with Gasteiger partial charge in [-0.2, -0.15) is 0 Å². The van der Waals surface area contributed by atoms with Crippen molar-refractivity contribution in [1.82, 2.24) is 9.80 Å². The molecule has 0 spiro atoms. The Balaban J connectivity index is 4.51. The molecule has 0 unspecified atom stereocenters. The van der Waals surface area contributed by atoms with Crippen molar-refractivity contribution in [2.45, 2.75) is 297 Å². The maximum absolute atomic E-state index is 12.9. The number of carbonyl (C=O) groups is 2. The summed E-state index contributed by atoms with van der Waals surface area (Å²) in [5, 5.41) is 9.40. The van der Waals surface area contributed by atoms with Gasteiger partial charge in [0.25, 0.3) is 0 Å². The van der Waals surface area contributed by atoms with Crippen molar-refractivity contribution in [3.63, 3.8) is 0 Å². The van der Waals surface area contributed by atoms with Gasteiger partial charge in [-0.1, -0.05) is 195 Å². The second-order valence-electron chi connectivity index (χ2n) is 19.4. The topological polar surface area (TPSA) is 79.3 Å². The third-order valence-corrected chi connectivity index (χ3v) is 13.1. The fourth-order valence-corrected chi connectivity index (χ4v) is 8.82. The van der Waals surface area contributed by atoms with Gasteiger partial charge in [0.05, 0.1) is 6.61 Å². The van der Waals surface area contributed by atoms with Crippen molar-refractivity contribution >= 4 is 11.9 Å². The van der Waals surface area contributed by atoms with Gasteiger partial charge < -0.3 is 24.4 Å². The van der Waals surface area contributed by atoms with Crippen LogP contribution in [0.15, 0.2) is 0 Å². The van der Waals surface area contributed by atoms with Crippen molar-refractivity contribution in [3.8, 4) is 0 Å². The lowest BCUT2D eigenvalue weighted by Crippen LogP contribution is -2.35. The Bertz CT molecular complexity index is 822. The zero-order valence-electron chi connectivity index (χ0n) is 42.7. The number of ether oxygens (including phenoxy) is 2. The van der Waals surface area contributed by atoms with Gasteiger partial charge in [-0.25, -0.2) is 0 Å². The number of unbranched alkanes of at least 4 members (excludes halogenated alkanes) is 28. The van der Waals surface area contributed by atoms with Crippen molar-refractivity contribution in [1.29, 1.82) is 0 Å². The summed E-state index contributed by atoms with van der Waals surface area (Å²) in [5.41, 5.74) is 0. The summed E-state index contributed by atoms with van der Waals surface area (Å²) in [4.78, 5) is 30.6. The van der Waals surface area contributed by atoms with E-state index in [0.717, 1.165) is 84.1 Å². The van der Waals surface area contributed by atoms with Crippen LogP contribution < -0.4 is 0 Å². The maximum Gasteiger partial charge on any atom is 0.306 e. The molecule has 0 aromatic rings. The lowest BCUT2D eigenvalue weighted by atomic mass is 10.0. The van der Waals surface area contributed by atoms with E-state index >= 15 is 0 Å². The Morgan fingerprint density at radius 2 is 0.661 bits per heavy atom. The van der Waals surface area contributed by atoms with E-state index in [2.05, 4.69) is 44.5 Å². The Kier molecular flexibility index (Phi) is 48.3. The SMILES string of the molecule is CCCCCCCCC(CCCCCCCC)OC(=O)CCCCCCCN(CCCCCCCC(=O)OC(CCCCCCCC)CCCCCCCC)CCN(C)CCO. The highest BCUT2D eigenvalue weighted by Gasteiger charge is 2.16. The summed E-state index contributed by atoms with van der Waals surface area (Å²) < 4.78 is 12.2. The van der Waals surface area contributed by atoms with Crippen molar-refractivity contribution < 1.29 is 24.2 Å². The van der Waals surface area contributed by atoms with Gasteiger partial charge in [0.2, 0.25) is 0 Å². The molecule has 0 atom stereocenters. The molecular formula is C55H110N2O5. The molecular weight excluding hydrogens is 769 g/mol. The Labute approximate surface area is 387 Å². The van der Waals surface area contributed by atoms with Gasteiger partial charge in [0, 0.05) is 32.5 Å². The van der Waals surface area contributed by atoms with Crippen LogP contribution in [0.2, 0.25) is 0 Å². The molecule has 62 heavy (non-hydrogen) atoms. The molecule has 0 saturated heterocycles. The number of esters is 2. The average Bonchev–Trinajstić information content (AvgIpc) is 3.26. The minimum atomic E-state index is 0.0244. The number of aliphatic hydroxyl groups excluding tert-OH is 1. The molecule has 0 radical (unpaired) electrons. The second-order valence-corrected chi connectivity index (χ2v) is 19.4. The van der Waals surface area contributed by atoms with E-state index < -0.39 is 0 Å². The number of rotatable bonds is 51. The van der Waals surface area contributed by atoms with E-state index in [9.17, 15) is 14.7 Å².